The van der Waals surface area contributed by atoms with Crippen molar-refractivity contribution in [1.29, 1.82) is 0 Å². The van der Waals surface area contributed by atoms with Crippen molar-refractivity contribution in [2.45, 2.75) is 20.8 Å². The molecule has 0 spiro atoms. The molecular formula is C16H18FNO2. The lowest BCUT2D eigenvalue weighted by atomic mass is 9.83. The van der Waals surface area contributed by atoms with E-state index in [9.17, 15) is 14.3 Å². The molecule has 20 heavy (non-hydrogen) atoms. The van der Waals surface area contributed by atoms with Crippen LogP contribution in [-0.2, 0) is 4.79 Å². The Labute approximate surface area is 117 Å². The predicted molar refractivity (Wildman–Crippen MR) is 76.2 cm³/mol. The number of dihydropyridines is 1. The lowest BCUT2D eigenvalue weighted by Crippen LogP contribution is -2.28. The van der Waals surface area contributed by atoms with E-state index in [1.165, 1.54) is 12.1 Å². The second kappa shape index (κ2) is 5.49. The molecule has 1 aliphatic rings. The van der Waals surface area contributed by atoms with E-state index in [1.807, 2.05) is 26.8 Å². The first-order valence-electron chi connectivity index (χ1n) is 6.59. The molecule has 3 nitrogen and oxygen atoms in total. The second-order valence-corrected chi connectivity index (χ2v) is 5.35. The van der Waals surface area contributed by atoms with Crippen molar-refractivity contribution in [3.63, 3.8) is 0 Å². The molecule has 2 rings (SSSR count). The Hall–Kier alpha value is -2.10. The normalized spacial score (nSPS) is 18.9. The molecule has 1 aromatic carbocycles. The van der Waals surface area contributed by atoms with Gasteiger partial charge < -0.3 is 10.4 Å². The van der Waals surface area contributed by atoms with Gasteiger partial charge in [0.25, 0.3) is 0 Å². The lowest BCUT2D eigenvalue weighted by molar-refractivity contribution is -0.133. The van der Waals surface area contributed by atoms with Crippen LogP contribution in [0.3, 0.4) is 0 Å². The highest BCUT2D eigenvalue weighted by Gasteiger charge is 2.29. The first kappa shape index (κ1) is 14.3. The quantitative estimate of drug-likeness (QED) is 0.889. The van der Waals surface area contributed by atoms with Crippen molar-refractivity contribution in [2.24, 2.45) is 11.8 Å². The minimum Gasteiger partial charge on any atom is -0.478 e. The van der Waals surface area contributed by atoms with E-state index in [1.54, 1.807) is 12.1 Å². The van der Waals surface area contributed by atoms with Crippen LogP contribution in [0.2, 0.25) is 0 Å². The Morgan fingerprint density at radius 3 is 2.40 bits per heavy atom. The number of halogens is 1. The second-order valence-electron chi connectivity index (χ2n) is 5.35. The molecular weight excluding hydrogens is 257 g/mol. The number of carboxylic acid groups (broad SMARTS) is 1. The fourth-order valence-electron chi connectivity index (χ4n) is 2.45. The van der Waals surface area contributed by atoms with Gasteiger partial charge in [-0.2, -0.15) is 0 Å². The number of aliphatic carboxylic acids is 1. The van der Waals surface area contributed by atoms with Crippen molar-refractivity contribution in [3.05, 3.63) is 53.0 Å². The molecule has 2 N–H and O–H groups in total. The summed E-state index contributed by atoms with van der Waals surface area (Å²) in [4.78, 5) is 11.6. The van der Waals surface area contributed by atoms with Gasteiger partial charge in [-0.3, -0.25) is 0 Å². The molecule has 106 valence electrons. The average molecular weight is 275 g/mol. The number of allylic oxidation sites excluding steroid dienone is 2. The van der Waals surface area contributed by atoms with Gasteiger partial charge in [-0.15, -0.1) is 0 Å². The van der Waals surface area contributed by atoms with Crippen LogP contribution in [0.25, 0.3) is 5.70 Å². The maximum Gasteiger partial charge on any atom is 0.334 e. The number of nitrogens with one attached hydrogen (secondary N) is 1. The van der Waals surface area contributed by atoms with Crippen LogP contribution in [0.5, 0.6) is 0 Å². The summed E-state index contributed by atoms with van der Waals surface area (Å²) in [6, 6.07) is 5.86. The molecule has 0 radical (unpaired) electrons. The third kappa shape index (κ3) is 2.74. The Kier molecular flexibility index (Phi) is 3.93. The van der Waals surface area contributed by atoms with Gasteiger partial charge in [0, 0.05) is 11.6 Å². The average Bonchev–Trinajstić information content (AvgIpc) is 2.38. The lowest BCUT2D eigenvalue weighted by Gasteiger charge is -2.28. The molecule has 0 aliphatic carbocycles. The summed E-state index contributed by atoms with van der Waals surface area (Å²) in [6.07, 6.45) is 1.93. The van der Waals surface area contributed by atoms with E-state index in [2.05, 4.69) is 5.32 Å². The maximum absolute atomic E-state index is 13.0. The molecule has 0 saturated carbocycles. The molecule has 0 fully saturated rings. The van der Waals surface area contributed by atoms with Gasteiger partial charge in [0.2, 0.25) is 0 Å². The van der Waals surface area contributed by atoms with Crippen molar-refractivity contribution in [1.82, 2.24) is 5.32 Å². The molecule has 1 unspecified atom stereocenters. The topological polar surface area (TPSA) is 49.3 Å². The SMILES string of the molecule is CC1=CC(C(C)C)C(C(=O)O)=C(c2ccc(F)cc2)N1. The van der Waals surface area contributed by atoms with E-state index >= 15 is 0 Å². The van der Waals surface area contributed by atoms with Gasteiger partial charge >= 0.3 is 5.97 Å². The van der Waals surface area contributed by atoms with Crippen LogP contribution < -0.4 is 5.32 Å². The van der Waals surface area contributed by atoms with Crippen LogP contribution >= 0.6 is 0 Å². The molecule has 0 aromatic heterocycles. The summed E-state index contributed by atoms with van der Waals surface area (Å²) in [5.41, 5.74) is 2.48. The Balaban J connectivity index is 2.57. The first-order chi connectivity index (χ1) is 9.40. The number of hydrogen-bond acceptors (Lipinski definition) is 2. The Morgan fingerprint density at radius 2 is 1.90 bits per heavy atom. The smallest absolute Gasteiger partial charge is 0.334 e. The van der Waals surface area contributed by atoms with Gasteiger partial charge in [0.1, 0.15) is 5.82 Å². The zero-order valence-electron chi connectivity index (χ0n) is 11.8. The Morgan fingerprint density at radius 1 is 1.30 bits per heavy atom. The third-order valence-electron chi connectivity index (χ3n) is 3.44. The van der Waals surface area contributed by atoms with Crippen LogP contribution in [0.15, 0.2) is 41.6 Å². The van der Waals surface area contributed by atoms with E-state index in [0.717, 1.165) is 5.70 Å². The summed E-state index contributed by atoms with van der Waals surface area (Å²) in [7, 11) is 0. The third-order valence-corrected chi connectivity index (χ3v) is 3.44. The molecule has 4 heteroatoms. The fraction of sp³-hybridized carbons (Fsp3) is 0.312. The summed E-state index contributed by atoms with van der Waals surface area (Å²) in [5.74, 6) is -1.27. The standard InChI is InChI=1S/C16H18FNO2/c1-9(2)13-8-10(3)18-15(14(13)16(19)20)11-4-6-12(17)7-5-11/h4-9,13,18H,1-3H3,(H,19,20). The number of carboxylic acids is 1. The van der Waals surface area contributed by atoms with E-state index < -0.39 is 5.97 Å². The van der Waals surface area contributed by atoms with Crippen LogP contribution in [0, 0.1) is 17.7 Å². The van der Waals surface area contributed by atoms with E-state index in [4.69, 9.17) is 0 Å². The minimum absolute atomic E-state index is 0.159. The van der Waals surface area contributed by atoms with E-state index in [-0.39, 0.29) is 17.7 Å². The molecule has 0 amide bonds. The van der Waals surface area contributed by atoms with Gasteiger partial charge in [-0.05, 0) is 42.7 Å². The zero-order chi connectivity index (χ0) is 14.9. The van der Waals surface area contributed by atoms with Crippen molar-refractivity contribution >= 4 is 11.7 Å². The molecule has 0 bridgehead atoms. The number of rotatable bonds is 3. The zero-order valence-corrected chi connectivity index (χ0v) is 11.8. The highest BCUT2D eigenvalue weighted by Crippen LogP contribution is 2.33. The predicted octanol–water partition coefficient (Wildman–Crippen LogP) is 3.40. The van der Waals surface area contributed by atoms with E-state index in [0.29, 0.717) is 16.8 Å². The molecule has 1 atom stereocenters. The first-order valence-corrected chi connectivity index (χ1v) is 6.59. The van der Waals surface area contributed by atoms with Crippen LogP contribution in [-0.4, -0.2) is 11.1 Å². The van der Waals surface area contributed by atoms with Gasteiger partial charge in [0.05, 0.1) is 11.3 Å². The maximum atomic E-state index is 13.0. The number of benzene rings is 1. The molecule has 1 heterocycles. The van der Waals surface area contributed by atoms with Crippen molar-refractivity contribution in [2.75, 3.05) is 0 Å². The molecule has 1 aromatic rings. The highest BCUT2D eigenvalue weighted by molar-refractivity contribution is 5.97. The van der Waals surface area contributed by atoms with Crippen LogP contribution in [0.4, 0.5) is 4.39 Å². The largest absolute Gasteiger partial charge is 0.478 e. The molecule has 1 aliphatic heterocycles. The number of carbonyl (C=O) groups is 1. The monoisotopic (exact) mass is 275 g/mol. The summed E-state index contributed by atoms with van der Waals surface area (Å²) < 4.78 is 13.0. The molecule has 0 saturated heterocycles. The van der Waals surface area contributed by atoms with Crippen LogP contribution in [0.1, 0.15) is 26.3 Å². The summed E-state index contributed by atoms with van der Waals surface area (Å²) >= 11 is 0. The minimum atomic E-state index is -0.945. The van der Waals surface area contributed by atoms with Crippen molar-refractivity contribution in [3.8, 4) is 0 Å². The fourth-order valence-corrected chi connectivity index (χ4v) is 2.45. The van der Waals surface area contributed by atoms with Gasteiger partial charge in [-0.25, -0.2) is 9.18 Å². The highest BCUT2D eigenvalue weighted by atomic mass is 19.1. The van der Waals surface area contributed by atoms with Crippen molar-refractivity contribution < 1.29 is 14.3 Å². The summed E-state index contributed by atoms with van der Waals surface area (Å²) in [5, 5.41) is 12.6. The van der Waals surface area contributed by atoms with Gasteiger partial charge in [0.15, 0.2) is 0 Å². The summed E-state index contributed by atoms with van der Waals surface area (Å²) in [6.45, 7) is 5.88. The number of hydrogen-bond donors (Lipinski definition) is 2. The van der Waals surface area contributed by atoms with Gasteiger partial charge in [-0.1, -0.05) is 19.9 Å². The Bertz CT molecular complexity index is 585.